The van der Waals surface area contributed by atoms with Crippen molar-refractivity contribution in [2.75, 3.05) is 19.0 Å². The first-order chi connectivity index (χ1) is 21.1. The van der Waals surface area contributed by atoms with E-state index in [2.05, 4.69) is 170 Å². The van der Waals surface area contributed by atoms with Crippen molar-refractivity contribution >= 4 is 17.1 Å². The molecule has 2 heterocycles. The maximum absolute atomic E-state index is 2.47. The number of rotatable bonds is 4. The smallest absolute Gasteiger partial charge is 0.209 e. The molecule has 4 aliphatic rings. The molecule has 2 aliphatic heterocycles. The molecule has 0 saturated heterocycles. The zero-order valence-corrected chi connectivity index (χ0v) is 29.4. The molecular formula is C43H53N2+. The Kier molecular flexibility index (Phi) is 7.66. The van der Waals surface area contributed by atoms with Gasteiger partial charge in [-0.25, -0.2) is 0 Å². The predicted molar refractivity (Wildman–Crippen MR) is 194 cm³/mol. The Balaban J connectivity index is 1.28. The van der Waals surface area contributed by atoms with Gasteiger partial charge in [0.25, 0.3) is 0 Å². The zero-order chi connectivity index (χ0) is 32.4. The minimum Gasteiger partial charge on any atom is -0.347 e. The monoisotopic (exact) mass is 597 g/mol. The maximum atomic E-state index is 2.47. The second-order valence-electron chi connectivity index (χ2n) is 16.6. The highest BCUT2D eigenvalue weighted by Gasteiger charge is 2.43. The molecule has 0 unspecified atom stereocenters. The fourth-order valence-electron chi connectivity index (χ4n) is 8.58. The molecule has 0 saturated carbocycles. The number of nitrogens with zero attached hydrogens (tertiary/aromatic N) is 2. The number of para-hydroxylation sites is 2. The van der Waals surface area contributed by atoms with E-state index >= 15 is 0 Å². The van der Waals surface area contributed by atoms with Crippen molar-refractivity contribution in [1.29, 1.82) is 0 Å². The zero-order valence-electron chi connectivity index (χ0n) is 29.4. The Morgan fingerprint density at radius 2 is 1.27 bits per heavy atom. The SMILES string of the molecule is CN1/C(=C/C2=CC(=C/C=C/C3=CC(=C/C4=[N+](C)c5ccccc5C4(C)C)/CC(C)(C)C3)/CC(C)(C)C2)C(C)(C)c2ccccc21. The van der Waals surface area contributed by atoms with Gasteiger partial charge < -0.3 is 4.90 Å². The Hall–Kier alpha value is -3.65. The van der Waals surface area contributed by atoms with Crippen LogP contribution in [-0.4, -0.2) is 24.4 Å². The molecule has 0 amide bonds. The number of likely N-dealkylation sites (N-methyl/N-ethyl adjacent to an activating group) is 1. The van der Waals surface area contributed by atoms with E-state index < -0.39 is 0 Å². The summed E-state index contributed by atoms with van der Waals surface area (Å²) in [6.07, 6.45) is 21.3. The molecule has 2 aliphatic carbocycles. The summed E-state index contributed by atoms with van der Waals surface area (Å²) in [5.41, 5.74) is 14.4. The molecule has 45 heavy (non-hydrogen) atoms. The fourth-order valence-corrected chi connectivity index (χ4v) is 8.58. The molecule has 0 spiro atoms. The highest BCUT2D eigenvalue weighted by molar-refractivity contribution is 6.03. The summed E-state index contributed by atoms with van der Waals surface area (Å²) in [7, 11) is 4.44. The molecular weight excluding hydrogens is 544 g/mol. The molecule has 6 rings (SSSR count). The van der Waals surface area contributed by atoms with Gasteiger partial charge in [0, 0.05) is 41.6 Å². The largest absolute Gasteiger partial charge is 0.347 e. The Morgan fingerprint density at radius 3 is 1.96 bits per heavy atom. The summed E-state index contributed by atoms with van der Waals surface area (Å²) >= 11 is 0. The summed E-state index contributed by atoms with van der Waals surface area (Å²) < 4.78 is 2.39. The maximum Gasteiger partial charge on any atom is 0.209 e. The van der Waals surface area contributed by atoms with Gasteiger partial charge in [0.1, 0.15) is 7.05 Å². The van der Waals surface area contributed by atoms with Gasteiger partial charge in [0.2, 0.25) is 5.69 Å². The van der Waals surface area contributed by atoms with Crippen molar-refractivity contribution in [1.82, 2.24) is 0 Å². The molecule has 0 N–H and O–H groups in total. The molecule has 0 bridgehead atoms. The van der Waals surface area contributed by atoms with Gasteiger partial charge in [-0.05, 0) is 90.4 Å². The number of hydrogen-bond acceptors (Lipinski definition) is 1. The van der Waals surface area contributed by atoms with Crippen LogP contribution >= 0.6 is 0 Å². The van der Waals surface area contributed by atoms with Gasteiger partial charge in [-0.1, -0.05) is 108 Å². The topological polar surface area (TPSA) is 6.25 Å². The van der Waals surface area contributed by atoms with Crippen LogP contribution in [0.2, 0.25) is 0 Å². The molecule has 0 atom stereocenters. The van der Waals surface area contributed by atoms with Gasteiger partial charge in [-0.3, -0.25) is 0 Å². The van der Waals surface area contributed by atoms with Gasteiger partial charge in [-0.15, -0.1) is 0 Å². The van der Waals surface area contributed by atoms with Crippen LogP contribution in [0.25, 0.3) is 0 Å². The third-order valence-electron chi connectivity index (χ3n) is 10.6. The van der Waals surface area contributed by atoms with Gasteiger partial charge >= 0.3 is 0 Å². The van der Waals surface area contributed by atoms with E-state index in [4.69, 9.17) is 0 Å². The first kappa shape index (κ1) is 31.3. The lowest BCUT2D eigenvalue weighted by atomic mass is 9.73. The van der Waals surface area contributed by atoms with Crippen LogP contribution in [0.15, 0.2) is 119 Å². The van der Waals surface area contributed by atoms with E-state index in [-0.39, 0.29) is 21.7 Å². The van der Waals surface area contributed by atoms with Gasteiger partial charge in [0.15, 0.2) is 5.71 Å². The van der Waals surface area contributed by atoms with Crippen molar-refractivity contribution < 1.29 is 4.58 Å². The van der Waals surface area contributed by atoms with E-state index in [1.54, 1.807) is 0 Å². The van der Waals surface area contributed by atoms with E-state index in [0.717, 1.165) is 25.7 Å². The molecule has 0 radical (unpaired) electrons. The van der Waals surface area contributed by atoms with E-state index in [1.165, 1.54) is 56.2 Å². The summed E-state index contributed by atoms with van der Waals surface area (Å²) in [5.74, 6) is 0. The third kappa shape index (κ3) is 5.89. The molecule has 0 fully saturated rings. The van der Waals surface area contributed by atoms with Crippen molar-refractivity contribution in [3.63, 3.8) is 0 Å². The first-order valence-corrected chi connectivity index (χ1v) is 16.8. The lowest BCUT2D eigenvalue weighted by Gasteiger charge is -2.32. The van der Waals surface area contributed by atoms with Crippen LogP contribution < -0.4 is 4.90 Å². The lowest BCUT2D eigenvalue weighted by Crippen LogP contribution is -2.28. The standard InChI is InChI=1S/C43H53N2/c1-40(2)26-30(22-32(28-40)24-38-42(5,6)34-18-11-13-20-36(34)44(38)9)16-15-17-31-23-33(29-41(3,4)27-31)25-39-43(7,8)35-19-12-14-21-37(35)45(39)10/h11-25H,26-29H2,1-10H3/q+1. The van der Waals surface area contributed by atoms with Crippen LogP contribution in [0.3, 0.4) is 0 Å². The molecule has 2 heteroatoms. The van der Waals surface area contributed by atoms with Gasteiger partial charge in [-0.2, -0.15) is 4.58 Å². The van der Waals surface area contributed by atoms with Crippen molar-refractivity contribution in [3.05, 3.63) is 130 Å². The number of hydrogen-bond donors (Lipinski definition) is 0. The van der Waals surface area contributed by atoms with Gasteiger partial charge in [0.05, 0.1) is 5.41 Å². The highest BCUT2D eigenvalue weighted by Crippen LogP contribution is 2.48. The predicted octanol–water partition coefficient (Wildman–Crippen LogP) is 10.9. The fraction of sp³-hybridized carbons (Fsp3) is 0.419. The van der Waals surface area contributed by atoms with E-state index in [0.29, 0.717) is 0 Å². The molecule has 2 aromatic carbocycles. The Morgan fingerprint density at radius 1 is 0.667 bits per heavy atom. The second-order valence-corrected chi connectivity index (χ2v) is 16.6. The normalized spacial score (nSPS) is 25.6. The first-order valence-electron chi connectivity index (χ1n) is 16.8. The van der Waals surface area contributed by atoms with E-state index in [1.807, 2.05) is 0 Å². The van der Waals surface area contributed by atoms with Crippen LogP contribution in [-0.2, 0) is 10.8 Å². The molecule has 2 nitrogen and oxygen atoms in total. The van der Waals surface area contributed by atoms with Crippen LogP contribution in [0.1, 0.15) is 92.2 Å². The van der Waals surface area contributed by atoms with Crippen LogP contribution in [0.4, 0.5) is 11.4 Å². The van der Waals surface area contributed by atoms with Crippen molar-refractivity contribution in [2.24, 2.45) is 10.8 Å². The summed E-state index contributed by atoms with van der Waals surface area (Å²) in [5, 5.41) is 0. The minimum atomic E-state index is -0.00731. The second kappa shape index (κ2) is 11.0. The van der Waals surface area contributed by atoms with Crippen LogP contribution in [0.5, 0.6) is 0 Å². The van der Waals surface area contributed by atoms with Crippen LogP contribution in [0, 0.1) is 10.8 Å². The third-order valence-corrected chi connectivity index (χ3v) is 10.6. The average molecular weight is 598 g/mol. The molecule has 2 aromatic rings. The van der Waals surface area contributed by atoms with Crippen molar-refractivity contribution in [2.45, 2.75) is 91.9 Å². The average Bonchev–Trinajstić information content (AvgIpc) is 3.26. The Labute approximate surface area is 273 Å². The molecule has 0 aromatic heterocycles. The minimum absolute atomic E-state index is 0.00731. The lowest BCUT2D eigenvalue weighted by molar-refractivity contribution is -0.401. The highest BCUT2D eigenvalue weighted by atomic mass is 15.2. The quantitative estimate of drug-likeness (QED) is 0.318. The summed E-state index contributed by atoms with van der Waals surface area (Å²) in [6, 6.07) is 17.7. The number of fused-ring (bicyclic) bond motifs is 2. The Bertz CT molecular complexity index is 1760. The number of benzene rings is 2. The summed E-state index contributed by atoms with van der Waals surface area (Å²) in [6.45, 7) is 19.1. The van der Waals surface area contributed by atoms with Crippen molar-refractivity contribution in [3.8, 4) is 0 Å². The van der Waals surface area contributed by atoms with E-state index in [9.17, 15) is 0 Å². The number of allylic oxidation sites excluding steroid dienone is 12. The number of anilines is 1. The molecule has 234 valence electrons. The summed E-state index contributed by atoms with van der Waals surface area (Å²) in [4.78, 5) is 2.39.